The van der Waals surface area contributed by atoms with Crippen molar-refractivity contribution < 1.29 is 4.42 Å². The quantitative estimate of drug-likeness (QED) is 0.161. The van der Waals surface area contributed by atoms with Gasteiger partial charge in [-0.3, -0.25) is 0 Å². The van der Waals surface area contributed by atoms with Crippen LogP contribution < -0.4 is 4.90 Å². The summed E-state index contributed by atoms with van der Waals surface area (Å²) in [5.41, 5.74) is 10.7. The zero-order valence-corrected chi connectivity index (χ0v) is 30.4. The van der Waals surface area contributed by atoms with Crippen LogP contribution in [0.15, 0.2) is 211 Å². The molecule has 11 rings (SSSR count). The predicted molar refractivity (Wildman–Crippen MR) is 235 cm³/mol. The molecule has 10 aromatic carbocycles. The van der Waals surface area contributed by atoms with Crippen molar-refractivity contribution in [1.29, 1.82) is 0 Å². The van der Waals surface area contributed by atoms with E-state index < -0.39 is 0 Å². The number of rotatable bonds is 6. The largest absolute Gasteiger partial charge is 0.436 e. The van der Waals surface area contributed by atoms with Crippen molar-refractivity contribution in [2.45, 2.75) is 0 Å². The van der Waals surface area contributed by atoms with E-state index in [1.54, 1.807) is 0 Å². The zero-order chi connectivity index (χ0) is 37.0. The summed E-state index contributed by atoms with van der Waals surface area (Å²) in [5.74, 6) is 0.638. The first-order valence-corrected chi connectivity index (χ1v) is 19.0. The normalized spacial score (nSPS) is 11.6. The van der Waals surface area contributed by atoms with Crippen molar-refractivity contribution in [2.24, 2.45) is 0 Å². The van der Waals surface area contributed by atoms with Gasteiger partial charge in [-0.1, -0.05) is 133 Å². The highest BCUT2D eigenvalue weighted by Gasteiger charge is 2.17. The second-order valence-corrected chi connectivity index (χ2v) is 14.4. The molecule has 0 atom stereocenters. The molecular formula is C53H34N2O. The SMILES string of the molecule is c1ccc(-c2nc3c(ccc4c(-c5ccc6cc(N(c7ccccc7)c7ccc(-c8cc9ccccc9c9ccccc89)cc7)ccc6c5)cccc43)o2)cc1. The Hall–Kier alpha value is -7.49. The van der Waals surface area contributed by atoms with Crippen molar-refractivity contribution in [3.63, 3.8) is 0 Å². The third kappa shape index (κ3) is 5.40. The average molecular weight is 715 g/mol. The molecule has 0 radical (unpaired) electrons. The summed E-state index contributed by atoms with van der Waals surface area (Å²) in [7, 11) is 0. The van der Waals surface area contributed by atoms with E-state index >= 15 is 0 Å². The number of anilines is 3. The minimum Gasteiger partial charge on any atom is -0.436 e. The van der Waals surface area contributed by atoms with Crippen LogP contribution in [0, 0.1) is 0 Å². The summed E-state index contributed by atoms with van der Waals surface area (Å²) in [6, 6.07) is 73.6. The van der Waals surface area contributed by atoms with Crippen LogP contribution in [0.25, 0.3) is 87.9 Å². The maximum absolute atomic E-state index is 6.20. The Morgan fingerprint density at radius 2 is 0.964 bits per heavy atom. The average Bonchev–Trinajstić information content (AvgIpc) is 3.72. The summed E-state index contributed by atoms with van der Waals surface area (Å²) >= 11 is 0. The van der Waals surface area contributed by atoms with Gasteiger partial charge in [-0.25, -0.2) is 4.98 Å². The number of oxazole rings is 1. The van der Waals surface area contributed by atoms with Gasteiger partial charge in [0.1, 0.15) is 5.52 Å². The molecule has 0 aliphatic rings. The van der Waals surface area contributed by atoms with Crippen LogP contribution in [-0.2, 0) is 0 Å². The van der Waals surface area contributed by atoms with Crippen LogP contribution in [0.1, 0.15) is 0 Å². The smallest absolute Gasteiger partial charge is 0.227 e. The molecule has 3 nitrogen and oxygen atoms in total. The highest BCUT2D eigenvalue weighted by molar-refractivity contribution is 6.14. The number of nitrogens with zero attached hydrogens (tertiary/aromatic N) is 2. The Labute approximate surface area is 324 Å². The highest BCUT2D eigenvalue weighted by Crippen LogP contribution is 2.41. The molecule has 11 aromatic rings. The van der Waals surface area contributed by atoms with Crippen LogP contribution in [0.4, 0.5) is 17.1 Å². The van der Waals surface area contributed by atoms with E-state index in [4.69, 9.17) is 9.40 Å². The molecule has 0 aliphatic carbocycles. The molecule has 0 aliphatic heterocycles. The predicted octanol–water partition coefficient (Wildman–Crippen LogP) is 14.9. The molecule has 0 N–H and O–H groups in total. The van der Waals surface area contributed by atoms with Gasteiger partial charge in [0.05, 0.1) is 0 Å². The van der Waals surface area contributed by atoms with Gasteiger partial charge in [0.15, 0.2) is 5.58 Å². The van der Waals surface area contributed by atoms with Crippen LogP contribution in [-0.4, -0.2) is 4.98 Å². The minimum atomic E-state index is 0.638. The maximum Gasteiger partial charge on any atom is 0.227 e. The summed E-state index contributed by atoms with van der Waals surface area (Å²) in [4.78, 5) is 7.28. The highest BCUT2D eigenvalue weighted by atomic mass is 16.3. The van der Waals surface area contributed by atoms with Gasteiger partial charge >= 0.3 is 0 Å². The number of fused-ring (bicyclic) bond motifs is 7. The number of aromatic nitrogens is 1. The van der Waals surface area contributed by atoms with Crippen LogP contribution in [0.3, 0.4) is 0 Å². The second kappa shape index (κ2) is 13.1. The molecule has 1 aromatic heterocycles. The van der Waals surface area contributed by atoms with E-state index in [-0.39, 0.29) is 0 Å². The summed E-state index contributed by atoms with van der Waals surface area (Å²) < 4.78 is 6.20. The molecule has 0 saturated carbocycles. The molecule has 0 bridgehead atoms. The Morgan fingerprint density at radius 3 is 1.80 bits per heavy atom. The monoisotopic (exact) mass is 714 g/mol. The molecular weight excluding hydrogens is 681 g/mol. The van der Waals surface area contributed by atoms with E-state index in [0.717, 1.165) is 44.5 Å². The Kier molecular flexibility index (Phi) is 7.49. The van der Waals surface area contributed by atoms with Gasteiger partial charge in [-0.05, 0) is 133 Å². The van der Waals surface area contributed by atoms with Crippen molar-refractivity contribution in [2.75, 3.05) is 4.90 Å². The Bertz CT molecular complexity index is 3240. The Balaban J connectivity index is 0.967. The molecule has 0 spiro atoms. The number of para-hydroxylation sites is 1. The van der Waals surface area contributed by atoms with E-state index in [9.17, 15) is 0 Å². The maximum atomic E-state index is 6.20. The van der Waals surface area contributed by atoms with E-state index in [0.29, 0.717) is 5.89 Å². The van der Waals surface area contributed by atoms with E-state index in [1.807, 2.05) is 36.4 Å². The lowest BCUT2D eigenvalue weighted by atomic mass is 9.93. The summed E-state index contributed by atoms with van der Waals surface area (Å²) in [6.45, 7) is 0. The Morgan fingerprint density at radius 1 is 0.339 bits per heavy atom. The number of hydrogen-bond donors (Lipinski definition) is 0. The van der Waals surface area contributed by atoms with Gasteiger partial charge in [0.25, 0.3) is 0 Å². The molecule has 0 saturated heterocycles. The topological polar surface area (TPSA) is 29.3 Å². The standard InChI is InChI=1S/C53H34N2O/c1-3-12-36(13-4-1)53-54-52-49-21-11-20-45(48(49)30-31-51(52)56-53)40-23-22-38-33-43(29-26-37(38)32-40)55(41-15-5-2-6-16-41)42-27-24-35(25-28-42)50-34-39-14-7-8-17-44(39)46-18-9-10-19-47(46)50/h1-34H. The molecule has 3 heteroatoms. The molecule has 0 fully saturated rings. The lowest BCUT2D eigenvalue weighted by Crippen LogP contribution is -2.09. The fourth-order valence-electron chi connectivity index (χ4n) is 8.35. The molecule has 262 valence electrons. The zero-order valence-electron chi connectivity index (χ0n) is 30.4. The molecule has 0 amide bonds. The van der Waals surface area contributed by atoms with Crippen molar-refractivity contribution in [3.8, 4) is 33.7 Å². The first kappa shape index (κ1) is 32.0. The van der Waals surface area contributed by atoms with Gasteiger partial charge in [0.2, 0.25) is 5.89 Å². The number of benzene rings is 10. The second-order valence-electron chi connectivity index (χ2n) is 14.4. The molecule has 56 heavy (non-hydrogen) atoms. The van der Waals surface area contributed by atoms with E-state index in [1.165, 1.54) is 54.6 Å². The number of hydrogen-bond acceptors (Lipinski definition) is 3. The van der Waals surface area contributed by atoms with Gasteiger partial charge < -0.3 is 9.32 Å². The third-order valence-electron chi connectivity index (χ3n) is 11.0. The summed E-state index contributed by atoms with van der Waals surface area (Å²) in [6.07, 6.45) is 0. The minimum absolute atomic E-state index is 0.638. The fraction of sp³-hybridized carbons (Fsp3) is 0. The van der Waals surface area contributed by atoms with Gasteiger partial charge in [0, 0.05) is 28.0 Å². The van der Waals surface area contributed by atoms with Crippen molar-refractivity contribution >= 4 is 71.3 Å². The third-order valence-corrected chi connectivity index (χ3v) is 11.0. The van der Waals surface area contributed by atoms with Gasteiger partial charge in [-0.2, -0.15) is 0 Å². The van der Waals surface area contributed by atoms with Crippen molar-refractivity contribution in [3.05, 3.63) is 206 Å². The fourth-order valence-corrected chi connectivity index (χ4v) is 8.35. The summed E-state index contributed by atoms with van der Waals surface area (Å²) in [5, 5.41) is 9.67. The van der Waals surface area contributed by atoms with Crippen molar-refractivity contribution in [1.82, 2.24) is 4.98 Å². The lowest BCUT2D eigenvalue weighted by Gasteiger charge is -2.26. The molecule has 0 unspecified atom stereocenters. The lowest BCUT2D eigenvalue weighted by molar-refractivity contribution is 0.620. The van der Waals surface area contributed by atoms with E-state index in [2.05, 4.69) is 175 Å². The van der Waals surface area contributed by atoms with Crippen LogP contribution in [0.5, 0.6) is 0 Å². The van der Waals surface area contributed by atoms with Crippen LogP contribution >= 0.6 is 0 Å². The first-order valence-electron chi connectivity index (χ1n) is 19.0. The van der Waals surface area contributed by atoms with Crippen LogP contribution in [0.2, 0.25) is 0 Å². The van der Waals surface area contributed by atoms with Gasteiger partial charge in [-0.15, -0.1) is 0 Å². The first-order chi connectivity index (χ1) is 27.7. The molecule has 1 heterocycles.